The van der Waals surface area contributed by atoms with Crippen LogP contribution in [0.1, 0.15) is 49.8 Å². The maximum atomic E-state index is 13.0. The van der Waals surface area contributed by atoms with Crippen LogP contribution in [0.2, 0.25) is 0 Å². The molecule has 0 amide bonds. The van der Waals surface area contributed by atoms with E-state index in [4.69, 9.17) is 15.6 Å². The lowest BCUT2D eigenvalue weighted by Crippen LogP contribution is -2.18. The summed E-state index contributed by atoms with van der Waals surface area (Å²) in [5.41, 5.74) is 12.1. The minimum absolute atomic E-state index is 0.0637. The van der Waals surface area contributed by atoms with Crippen molar-refractivity contribution in [2.45, 2.75) is 44.2 Å². The Morgan fingerprint density at radius 3 is 2.79 bits per heavy atom. The molecule has 5 aromatic rings. The van der Waals surface area contributed by atoms with Gasteiger partial charge in [0.15, 0.2) is 6.23 Å². The number of aromatic amines is 1. The molecule has 3 aromatic heterocycles. The van der Waals surface area contributed by atoms with Gasteiger partial charge in [-0.2, -0.15) is 5.10 Å². The Bertz CT molecular complexity index is 1640. The monoisotopic (exact) mass is 451 g/mol. The molecule has 1 aliphatic carbocycles. The summed E-state index contributed by atoms with van der Waals surface area (Å²) in [6.45, 7) is 0.752. The zero-order chi connectivity index (χ0) is 22.8. The molecule has 0 radical (unpaired) electrons. The Balaban J connectivity index is 1.54. The van der Waals surface area contributed by atoms with Gasteiger partial charge < -0.3 is 15.5 Å². The third-order valence-corrected chi connectivity index (χ3v) is 7.30. The molecule has 2 fully saturated rings. The molecule has 7 nitrogen and oxygen atoms in total. The van der Waals surface area contributed by atoms with Gasteiger partial charge in [0, 0.05) is 34.5 Å². The maximum absolute atomic E-state index is 13.0. The van der Waals surface area contributed by atoms with Crippen LogP contribution in [0.4, 0.5) is 5.69 Å². The average Bonchev–Trinajstić information content (AvgIpc) is 3.63. The van der Waals surface area contributed by atoms with Crippen molar-refractivity contribution < 1.29 is 4.74 Å². The number of hydrogen-bond donors (Lipinski definition) is 2. The number of rotatable bonds is 3. The summed E-state index contributed by atoms with van der Waals surface area (Å²) in [5, 5.41) is 7.57. The van der Waals surface area contributed by atoms with Crippen LogP contribution in [0.25, 0.3) is 43.8 Å². The number of nitrogens with one attached hydrogen (secondary N) is 1. The van der Waals surface area contributed by atoms with Crippen LogP contribution in [0.15, 0.2) is 53.6 Å². The second kappa shape index (κ2) is 7.40. The minimum Gasteiger partial charge on any atom is -0.394 e. The lowest BCUT2D eigenvalue weighted by Gasteiger charge is -2.23. The van der Waals surface area contributed by atoms with Crippen LogP contribution >= 0.6 is 0 Å². The van der Waals surface area contributed by atoms with Crippen molar-refractivity contribution in [3.63, 3.8) is 0 Å². The zero-order valence-corrected chi connectivity index (χ0v) is 18.8. The van der Waals surface area contributed by atoms with E-state index in [1.165, 1.54) is 5.56 Å². The van der Waals surface area contributed by atoms with Crippen LogP contribution in [-0.4, -0.2) is 26.4 Å². The molecule has 7 rings (SSSR count). The smallest absolute Gasteiger partial charge is 0.272 e. The highest BCUT2D eigenvalue weighted by Crippen LogP contribution is 2.46. The van der Waals surface area contributed by atoms with Gasteiger partial charge in [0.1, 0.15) is 5.69 Å². The molecule has 7 heteroatoms. The quantitative estimate of drug-likeness (QED) is 0.365. The summed E-state index contributed by atoms with van der Waals surface area (Å²) in [4.78, 5) is 20.8. The summed E-state index contributed by atoms with van der Waals surface area (Å²) >= 11 is 0. The molecule has 1 unspecified atom stereocenters. The topological polar surface area (TPSA) is 98.8 Å². The number of fused-ring (bicyclic) bond motifs is 4. The molecule has 4 heterocycles. The molecule has 1 saturated heterocycles. The van der Waals surface area contributed by atoms with Crippen molar-refractivity contribution in [3.8, 4) is 11.1 Å². The van der Waals surface area contributed by atoms with Crippen LogP contribution in [0, 0.1) is 0 Å². The molecule has 3 N–H and O–H groups in total. The summed E-state index contributed by atoms with van der Waals surface area (Å²) < 4.78 is 7.97. The number of anilines is 1. The lowest BCUT2D eigenvalue weighted by molar-refractivity contribution is -0.0366. The maximum Gasteiger partial charge on any atom is 0.272 e. The molecule has 1 aliphatic heterocycles. The van der Waals surface area contributed by atoms with Crippen LogP contribution in [0.5, 0.6) is 0 Å². The first kappa shape index (κ1) is 19.7. The Morgan fingerprint density at radius 1 is 1.06 bits per heavy atom. The highest BCUT2D eigenvalue weighted by Gasteiger charge is 2.28. The Kier molecular flexibility index (Phi) is 4.29. The van der Waals surface area contributed by atoms with Gasteiger partial charge >= 0.3 is 0 Å². The van der Waals surface area contributed by atoms with Crippen LogP contribution in [-0.2, 0) is 4.74 Å². The van der Waals surface area contributed by atoms with Gasteiger partial charge in [0.05, 0.1) is 22.7 Å². The van der Waals surface area contributed by atoms with Crippen molar-refractivity contribution in [1.82, 2.24) is 19.7 Å². The van der Waals surface area contributed by atoms with Crippen molar-refractivity contribution in [2.24, 2.45) is 0 Å². The molecular formula is C27H25N5O2. The van der Waals surface area contributed by atoms with Crippen LogP contribution in [0.3, 0.4) is 0 Å². The van der Waals surface area contributed by atoms with E-state index in [-0.39, 0.29) is 17.5 Å². The molecule has 2 aliphatic rings. The number of benzene rings is 2. The van der Waals surface area contributed by atoms with E-state index in [1.54, 1.807) is 0 Å². The SMILES string of the molecule is Nc1c(-c2cccc3c2cnn3C2CCCCO2)c2cc(C3CC3)c3ncccc3c2[nH]c1=O. The van der Waals surface area contributed by atoms with E-state index in [2.05, 4.69) is 22.1 Å². The molecule has 0 bridgehead atoms. The first-order valence-corrected chi connectivity index (χ1v) is 12.0. The third-order valence-electron chi connectivity index (χ3n) is 7.30. The summed E-state index contributed by atoms with van der Waals surface area (Å²) in [5.74, 6) is 0.504. The normalized spacial score (nSPS) is 18.8. The van der Waals surface area contributed by atoms with E-state index in [0.717, 1.165) is 82.5 Å². The van der Waals surface area contributed by atoms with Gasteiger partial charge in [0.2, 0.25) is 0 Å². The lowest BCUT2D eigenvalue weighted by atomic mass is 9.93. The number of ether oxygens (including phenoxy) is 1. The van der Waals surface area contributed by atoms with Gasteiger partial charge in [-0.25, -0.2) is 4.68 Å². The number of aromatic nitrogens is 4. The Hall–Kier alpha value is -3.71. The van der Waals surface area contributed by atoms with E-state index < -0.39 is 0 Å². The van der Waals surface area contributed by atoms with Gasteiger partial charge in [-0.3, -0.25) is 9.78 Å². The number of H-pyrrole nitrogens is 1. The Labute approximate surface area is 195 Å². The van der Waals surface area contributed by atoms with Crippen molar-refractivity contribution in [1.29, 1.82) is 0 Å². The van der Waals surface area contributed by atoms with E-state index in [9.17, 15) is 4.79 Å². The summed E-state index contributed by atoms with van der Waals surface area (Å²) in [7, 11) is 0. The molecular weight excluding hydrogens is 426 g/mol. The number of nitrogens with two attached hydrogens (primary N) is 1. The molecule has 34 heavy (non-hydrogen) atoms. The predicted molar refractivity (Wildman–Crippen MR) is 134 cm³/mol. The van der Waals surface area contributed by atoms with Gasteiger partial charge in [-0.05, 0) is 73.4 Å². The fourth-order valence-electron chi connectivity index (χ4n) is 5.48. The minimum atomic E-state index is -0.285. The predicted octanol–water partition coefficient (Wildman–Crippen LogP) is 5.25. The van der Waals surface area contributed by atoms with Gasteiger partial charge in [-0.15, -0.1) is 0 Å². The zero-order valence-electron chi connectivity index (χ0n) is 18.8. The second-order valence-corrected chi connectivity index (χ2v) is 9.45. The van der Waals surface area contributed by atoms with E-state index in [1.807, 2.05) is 41.3 Å². The standard InChI is InChI=1S/C27H25N5O2/c28-24-23(16-5-3-7-21-20(16)14-30-32(21)22-8-1-2-12-34-22)19-13-18(15-9-10-15)25-17(6-4-11-29-25)26(19)31-27(24)33/h3-7,11,13-15,22H,1-2,8-10,12,28H2,(H,31,33). The van der Waals surface area contributed by atoms with Crippen molar-refractivity contribution in [2.75, 3.05) is 12.3 Å². The number of hydrogen-bond acceptors (Lipinski definition) is 5. The van der Waals surface area contributed by atoms with E-state index >= 15 is 0 Å². The number of nitrogens with zero attached hydrogens (tertiary/aromatic N) is 3. The largest absolute Gasteiger partial charge is 0.394 e. The number of nitrogen functional groups attached to an aromatic ring is 1. The fraction of sp³-hybridized carbons (Fsp3) is 0.296. The molecule has 2 aromatic carbocycles. The van der Waals surface area contributed by atoms with Gasteiger partial charge in [0.25, 0.3) is 5.56 Å². The first-order valence-electron chi connectivity index (χ1n) is 12.0. The molecule has 1 saturated carbocycles. The first-order chi connectivity index (χ1) is 16.7. The highest BCUT2D eigenvalue weighted by atomic mass is 16.5. The fourth-order valence-corrected chi connectivity index (χ4v) is 5.48. The highest BCUT2D eigenvalue weighted by molar-refractivity contribution is 6.15. The summed E-state index contributed by atoms with van der Waals surface area (Å²) in [6.07, 6.45) is 9.11. The van der Waals surface area contributed by atoms with Crippen molar-refractivity contribution >= 4 is 38.4 Å². The molecule has 1 atom stereocenters. The molecule has 170 valence electrons. The van der Waals surface area contributed by atoms with Crippen LogP contribution < -0.4 is 11.3 Å². The van der Waals surface area contributed by atoms with Crippen molar-refractivity contribution in [3.05, 3.63) is 64.7 Å². The molecule has 0 spiro atoms. The summed E-state index contributed by atoms with van der Waals surface area (Å²) in [6, 6.07) is 12.2. The number of pyridine rings is 2. The second-order valence-electron chi connectivity index (χ2n) is 9.45. The average molecular weight is 452 g/mol. The Morgan fingerprint density at radius 2 is 1.97 bits per heavy atom. The third kappa shape index (κ3) is 2.90. The van der Waals surface area contributed by atoms with E-state index in [0.29, 0.717) is 5.92 Å². The van der Waals surface area contributed by atoms with Gasteiger partial charge in [-0.1, -0.05) is 12.1 Å².